The lowest BCUT2D eigenvalue weighted by Crippen LogP contribution is -2.40. The summed E-state index contributed by atoms with van der Waals surface area (Å²) in [5.74, 6) is 1.38. The van der Waals surface area contributed by atoms with Crippen LogP contribution >= 0.6 is 0 Å². The standard InChI is InChI=1S/C21H24N6O/c1-15-24-13-20(26(15)2)19-12-23-11-18(25-19)9-16-5-4-8-27(14-16)21(28)17-6-3-7-22-10-17/h3,6-7,10-13,16H,4-5,8-9,14H2,1-2H3/t16-/m0/s1. The molecule has 0 spiro atoms. The van der Waals surface area contributed by atoms with Crippen molar-refractivity contribution in [3.8, 4) is 11.4 Å². The summed E-state index contributed by atoms with van der Waals surface area (Å²) in [6, 6.07) is 3.62. The monoisotopic (exact) mass is 376 g/mol. The number of amides is 1. The van der Waals surface area contributed by atoms with Gasteiger partial charge in [-0.25, -0.2) is 9.97 Å². The highest BCUT2D eigenvalue weighted by atomic mass is 16.2. The Kier molecular flexibility index (Phi) is 5.14. The molecule has 0 unspecified atom stereocenters. The van der Waals surface area contributed by atoms with E-state index in [1.54, 1.807) is 24.7 Å². The highest BCUT2D eigenvalue weighted by Gasteiger charge is 2.25. The van der Waals surface area contributed by atoms with Gasteiger partial charge >= 0.3 is 0 Å². The van der Waals surface area contributed by atoms with Crippen LogP contribution in [0.2, 0.25) is 0 Å². The van der Waals surface area contributed by atoms with Crippen molar-refractivity contribution in [1.82, 2.24) is 29.4 Å². The minimum Gasteiger partial charge on any atom is -0.338 e. The van der Waals surface area contributed by atoms with Crippen LogP contribution in [0.4, 0.5) is 0 Å². The summed E-state index contributed by atoms with van der Waals surface area (Å²) >= 11 is 0. The van der Waals surface area contributed by atoms with Crippen LogP contribution in [-0.4, -0.2) is 48.4 Å². The SMILES string of the molecule is Cc1ncc(-c2cncc(C[C@@H]3CCCN(C(=O)c4cccnc4)C3)n2)n1C. The van der Waals surface area contributed by atoms with Crippen molar-refractivity contribution in [2.24, 2.45) is 13.0 Å². The molecule has 3 aromatic rings. The maximum absolute atomic E-state index is 12.7. The molecule has 4 rings (SSSR count). The van der Waals surface area contributed by atoms with Gasteiger partial charge in [0, 0.05) is 38.7 Å². The van der Waals surface area contributed by atoms with Crippen molar-refractivity contribution in [3.63, 3.8) is 0 Å². The van der Waals surface area contributed by atoms with Crippen molar-refractivity contribution >= 4 is 5.91 Å². The van der Waals surface area contributed by atoms with Crippen molar-refractivity contribution in [1.29, 1.82) is 0 Å². The lowest BCUT2D eigenvalue weighted by atomic mass is 9.93. The molecule has 4 heterocycles. The normalized spacial score (nSPS) is 16.9. The number of aromatic nitrogens is 5. The Morgan fingerprint density at radius 3 is 2.86 bits per heavy atom. The van der Waals surface area contributed by atoms with Crippen LogP contribution in [0.5, 0.6) is 0 Å². The van der Waals surface area contributed by atoms with E-state index in [4.69, 9.17) is 4.98 Å². The van der Waals surface area contributed by atoms with Crippen LogP contribution in [-0.2, 0) is 13.5 Å². The molecule has 1 aliphatic heterocycles. The predicted octanol–water partition coefficient (Wildman–Crippen LogP) is 2.68. The van der Waals surface area contributed by atoms with Crippen LogP contribution in [0.15, 0.2) is 43.1 Å². The second kappa shape index (κ2) is 7.88. The molecule has 0 aromatic carbocycles. The van der Waals surface area contributed by atoms with Gasteiger partial charge in [-0.1, -0.05) is 0 Å². The van der Waals surface area contributed by atoms with E-state index in [-0.39, 0.29) is 5.91 Å². The number of hydrogen-bond acceptors (Lipinski definition) is 5. The minimum atomic E-state index is 0.0583. The van der Waals surface area contributed by atoms with Crippen LogP contribution < -0.4 is 0 Å². The molecule has 0 bridgehead atoms. The summed E-state index contributed by atoms with van der Waals surface area (Å²) in [5, 5.41) is 0. The van der Waals surface area contributed by atoms with Gasteiger partial charge in [-0.2, -0.15) is 0 Å². The molecule has 7 heteroatoms. The Morgan fingerprint density at radius 2 is 2.11 bits per heavy atom. The molecule has 0 aliphatic carbocycles. The summed E-state index contributed by atoms with van der Waals surface area (Å²) in [7, 11) is 1.98. The molecule has 1 saturated heterocycles. The van der Waals surface area contributed by atoms with Crippen LogP contribution in [0.3, 0.4) is 0 Å². The molecule has 1 fully saturated rings. The summed E-state index contributed by atoms with van der Waals surface area (Å²) in [4.78, 5) is 32.3. The number of piperidine rings is 1. The average molecular weight is 376 g/mol. The number of carbonyl (C=O) groups excluding carboxylic acids is 1. The van der Waals surface area contributed by atoms with E-state index in [1.165, 1.54) is 0 Å². The number of rotatable bonds is 4. The zero-order chi connectivity index (χ0) is 19.5. The highest BCUT2D eigenvalue weighted by Crippen LogP contribution is 2.23. The Balaban J connectivity index is 1.46. The van der Waals surface area contributed by atoms with Gasteiger partial charge < -0.3 is 9.47 Å². The third-order valence-corrected chi connectivity index (χ3v) is 5.38. The molecule has 0 saturated carbocycles. The van der Waals surface area contributed by atoms with Gasteiger partial charge in [0.15, 0.2) is 0 Å². The molecular weight excluding hydrogens is 352 g/mol. The molecule has 1 aliphatic rings. The predicted molar refractivity (Wildman–Crippen MR) is 106 cm³/mol. The first-order valence-electron chi connectivity index (χ1n) is 9.60. The molecule has 28 heavy (non-hydrogen) atoms. The van der Waals surface area contributed by atoms with E-state index in [1.807, 2.05) is 41.9 Å². The van der Waals surface area contributed by atoms with E-state index < -0.39 is 0 Å². The molecule has 0 radical (unpaired) electrons. The number of carbonyl (C=O) groups is 1. The van der Waals surface area contributed by atoms with Gasteiger partial charge in [-0.3, -0.25) is 14.8 Å². The summed E-state index contributed by atoms with van der Waals surface area (Å²) < 4.78 is 2.02. The largest absolute Gasteiger partial charge is 0.338 e. The molecule has 1 amide bonds. The van der Waals surface area contributed by atoms with E-state index in [0.29, 0.717) is 11.5 Å². The number of pyridine rings is 1. The second-order valence-electron chi connectivity index (χ2n) is 7.35. The number of likely N-dealkylation sites (tertiary alicyclic amines) is 1. The first-order valence-corrected chi connectivity index (χ1v) is 9.60. The highest BCUT2D eigenvalue weighted by molar-refractivity contribution is 5.93. The molecule has 1 atom stereocenters. The quantitative estimate of drug-likeness (QED) is 0.700. The first kappa shape index (κ1) is 18.3. The van der Waals surface area contributed by atoms with E-state index in [2.05, 4.69) is 15.0 Å². The Labute approximate surface area is 164 Å². The average Bonchev–Trinajstić information content (AvgIpc) is 3.07. The summed E-state index contributed by atoms with van der Waals surface area (Å²) in [5.41, 5.74) is 3.40. The van der Waals surface area contributed by atoms with Gasteiger partial charge in [-0.15, -0.1) is 0 Å². The maximum atomic E-state index is 12.7. The van der Waals surface area contributed by atoms with E-state index in [9.17, 15) is 4.79 Å². The smallest absolute Gasteiger partial charge is 0.255 e. The Hall–Kier alpha value is -3.09. The van der Waals surface area contributed by atoms with Crippen molar-refractivity contribution in [3.05, 3.63) is 60.2 Å². The third-order valence-electron chi connectivity index (χ3n) is 5.38. The van der Waals surface area contributed by atoms with Gasteiger partial charge in [-0.05, 0) is 44.2 Å². The Morgan fingerprint density at radius 1 is 1.21 bits per heavy atom. The molecule has 0 N–H and O–H groups in total. The number of nitrogens with zero attached hydrogens (tertiary/aromatic N) is 6. The van der Waals surface area contributed by atoms with Crippen molar-refractivity contribution in [2.75, 3.05) is 13.1 Å². The summed E-state index contributed by atoms with van der Waals surface area (Å²) in [6.45, 7) is 3.51. The lowest BCUT2D eigenvalue weighted by Gasteiger charge is -2.32. The van der Waals surface area contributed by atoms with Crippen molar-refractivity contribution < 1.29 is 4.79 Å². The number of imidazole rings is 1. The molecule has 7 nitrogen and oxygen atoms in total. The second-order valence-corrected chi connectivity index (χ2v) is 7.35. The van der Waals surface area contributed by atoms with Crippen LogP contribution in [0.1, 0.15) is 34.7 Å². The molecule has 144 valence electrons. The number of hydrogen-bond donors (Lipinski definition) is 0. The minimum absolute atomic E-state index is 0.0583. The lowest BCUT2D eigenvalue weighted by molar-refractivity contribution is 0.0672. The fourth-order valence-electron chi connectivity index (χ4n) is 3.75. The van der Waals surface area contributed by atoms with Crippen molar-refractivity contribution in [2.45, 2.75) is 26.2 Å². The van der Waals surface area contributed by atoms with Crippen LogP contribution in [0, 0.1) is 12.8 Å². The molecule has 3 aromatic heterocycles. The van der Waals surface area contributed by atoms with E-state index >= 15 is 0 Å². The van der Waals surface area contributed by atoms with Gasteiger partial charge in [0.2, 0.25) is 0 Å². The maximum Gasteiger partial charge on any atom is 0.255 e. The van der Waals surface area contributed by atoms with Gasteiger partial charge in [0.25, 0.3) is 5.91 Å². The third kappa shape index (κ3) is 3.78. The zero-order valence-electron chi connectivity index (χ0n) is 16.2. The Bertz CT molecular complexity index is 968. The molecular formula is C21H24N6O. The topological polar surface area (TPSA) is 76.8 Å². The summed E-state index contributed by atoms with van der Waals surface area (Å²) in [6.07, 6.45) is 11.7. The van der Waals surface area contributed by atoms with Gasteiger partial charge in [0.1, 0.15) is 11.5 Å². The fourth-order valence-corrected chi connectivity index (χ4v) is 3.75. The van der Waals surface area contributed by atoms with Gasteiger partial charge in [0.05, 0.1) is 29.3 Å². The number of aryl methyl sites for hydroxylation is 1. The fraction of sp³-hybridized carbons (Fsp3) is 0.381. The zero-order valence-corrected chi connectivity index (χ0v) is 16.2. The van der Waals surface area contributed by atoms with Crippen LogP contribution in [0.25, 0.3) is 11.4 Å². The first-order chi connectivity index (χ1) is 13.6. The van der Waals surface area contributed by atoms with E-state index in [0.717, 1.165) is 55.3 Å².